The molecule has 2 amide bonds. The van der Waals surface area contributed by atoms with Gasteiger partial charge in [-0.2, -0.15) is 0 Å². The van der Waals surface area contributed by atoms with Crippen LogP contribution in [0.5, 0.6) is 23.0 Å². The van der Waals surface area contributed by atoms with E-state index in [1.54, 1.807) is 44.6 Å². The number of allylic oxidation sites excluding steroid dienone is 1. The highest BCUT2D eigenvalue weighted by Crippen LogP contribution is 2.62. The Morgan fingerprint density at radius 2 is 1.58 bits per heavy atom. The third-order valence-electron chi connectivity index (χ3n) is 13.4. The zero-order valence-electron chi connectivity index (χ0n) is 39.8. The summed E-state index contributed by atoms with van der Waals surface area (Å²) in [6, 6.07) is 9.98. The minimum Gasteiger partial charge on any atom is -0.497 e. The summed E-state index contributed by atoms with van der Waals surface area (Å²) in [5.41, 5.74) is 2.97. The van der Waals surface area contributed by atoms with Gasteiger partial charge in [0.25, 0.3) is 0 Å². The molecule has 1 fully saturated rings. The first kappa shape index (κ1) is 51.4. The fraction of sp³-hybridized carbons (Fsp3) is 0.635. The molecule has 2 aromatic rings. The molecular formula is C52H77N3O10. The van der Waals surface area contributed by atoms with E-state index >= 15 is 0 Å². The Morgan fingerprint density at radius 3 is 2.25 bits per heavy atom. The van der Waals surface area contributed by atoms with E-state index in [0.717, 1.165) is 68.2 Å². The van der Waals surface area contributed by atoms with Crippen molar-refractivity contribution in [2.24, 2.45) is 22.9 Å². The van der Waals surface area contributed by atoms with E-state index in [1.807, 2.05) is 17.0 Å². The molecule has 13 heteroatoms. The highest BCUT2D eigenvalue weighted by molar-refractivity contribution is 6.03. The molecule has 6 atom stereocenters. The summed E-state index contributed by atoms with van der Waals surface area (Å²) in [5, 5.41) is 27.4. The number of anilines is 1. The van der Waals surface area contributed by atoms with Crippen LogP contribution in [0.1, 0.15) is 141 Å². The molecule has 65 heavy (non-hydrogen) atoms. The van der Waals surface area contributed by atoms with Crippen LogP contribution in [-0.2, 0) is 14.4 Å². The number of nitrogens with zero attached hydrogens (tertiary/aromatic N) is 2. The minimum atomic E-state index is -1.34. The summed E-state index contributed by atoms with van der Waals surface area (Å²) in [6.07, 6.45) is 19.8. The van der Waals surface area contributed by atoms with Gasteiger partial charge in [0.15, 0.2) is 0 Å². The third-order valence-corrected chi connectivity index (χ3v) is 13.4. The van der Waals surface area contributed by atoms with Crippen molar-refractivity contribution in [2.45, 2.75) is 147 Å². The van der Waals surface area contributed by atoms with E-state index in [0.29, 0.717) is 60.9 Å². The molecule has 5 rings (SSSR count). The van der Waals surface area contributed by atoms with Gasteiger partial charge < -0.3 is 43.6 Å². The van der Waals surface area contributed by atoms with Crippen LogP contribution in [0.4, 0.5) is 10.5 Å². The fourth-order valence-electron chi connectivity index (χ4n) is 10.4. The van der Waals surface area contributed by atoms with Gasteiger partial charge >= 0.3 is 6.09 Å². The fourth-order valence-corrected chi connectivity index (χ4v) is 10.4. The summed E-state index contributed by atoms with van der Waals surface area (Å²) < 4.78 is 31.3. The molecule has 0 radical (unpaired) electrons. The van der Waals surface area contributed by atoms with Gasteiger partial charge in [-0.1, -0.05) is 95.4 Å². The zero-order chi connectivity index (χ0) is 46.6. The van der Waals surface area contributed by atoms with Crippen LogP contribution < -0.4 is 24.3 Å². The largest absolute Gasteiger partial charge is 0.497 e. The number of aliphatic hydroxyl groups is 2. The minimum absolute atomic E-state index is 0.0239. The van der Waals surface area contributed by atoms with Gasteiger partial charge in [0.1, 0.15) is 36.1 Å². The lowest BCUT2D eigenvalue weighted by Gasteiger charge is -2.60. The van der Waals surface area contributed by atoms with Gasteiger partial charge in [0, 0.05) is 50.1 Å². The first-order valence-electron chi connectivity index (χ1n) is 24.4. The van der Waals surface area contributed by atoms with Gasteiger partial charge in [-0.25, -0.2) is 4.79 Å². The Morgan fingerprint density at radius 1 is 0.877 bits per heavy atom. The monoisotopic (exact) mass is 904 g/mol. The molecule has 1 heterocycles. The van der Waals surface area contributed by atoms with Crippen molar-refractivity contribution in [1.29, 1.82) is 0 Å². The molecule has 0 spiro atoms. The van der Waals surface area contributed by atoms with Crippen LogP contribution in [-0.4, -0.2) is 92.3 Å². The van der Waals surface area contributed by atoms with Crippen molar-refractivity contribution < 1.29 is 48.3 Å². The molecule has 0 bridgehead atoms. The average molecular weight is 904 g/mol. The Bertz CT molecular complexity index is 1880. The van der Waals surface area contributed by atoms with Crippen LogP contribution >= 0.6 is 0 Å². The molecule has 0 aromatic heterocycles. The summed E-state index contributed by atoms with van der Waals surface area (Å²) in [5.74, 6) is 0.00394. The normalized spacial score (nSPS) is 22.5. The number of oxime groups is 1. The van der Waals surface area contributed by atoms with Crippen LogP contribution in [0.3, 0.4) is 0 Å². The highest BCUT2D eigenvalue weighted by atomic mass is 16.7. The Balaban J connectivity index is 1.59. The van der Waals surface area contributed by atoms with E-state index < -0.39 is 23.8 Å². The van der Waals surface area contributed by atoms with Crippen LogP contribution in [0.2, 0.25) is 0 Å². The first-order valence-corrected chi connectivity index (χ1v) is 24.4. The Kier molecular flexibility index (Phi) is 21.0. The molecule has 2 aliphatic carbocycles. The maximum Gasteiger partial charge on any atom is 0.417 e. The SMILES string of the molecule is C=CCO[C@@]12Oc3ccc(OC(=O)Nc4ccc(OC)cc4OC)cc3[C@H]3[C@H](CCCCO)[C@@H](CCCCO)C=C(C(=NOC)C[C@@H]1N(CCC)C(=O)CCCCCCCCCCC)[C@H]32. The number of ether oxygens (including phenoxy) is 5. The summed E-state index contributed by atoms with van der Waals surface area (Å²) in [7, 11) is 4.63. The van der Waals surface area contributed by atoms with Gasteiger partial charge in [0.05, 0.1) is 38.1 Å². The predicted octanol–water partition coefficient (Wildman–Crippen LogP) is 10.7. The van der Waals surface area contributed by atoms with Gasteiger partial charge in [-0.05, 0) is 86.3 Å². The van der Waals surface area contributed by atoms with E-state index in [-0.39, 0.29) is 43.5 Å². The number of amides is 2. The standard InChI is InChI=1S/C52H77N3O10/c1-7-10-11-12-13-14-15-16-17-24-48(58)55(29-8-2)47-36-44(54-62-6)41-33-37(22-18-20-30-56)40(23-19-21-31-57)49-42-34-39(26-28-45(42)65-52(47,50(41)49)63-32-9-3)64-51(59)53-43-27-25-38(60-4)35-46(43)61-5/h9,25-28,33-35,37,40,47,49-50,56-57H,3,7-8,10-24,29-32,36H2,1-2,4-6H3,(H,53,59)/t37-,40+,47-,49+,50+,52+/m0/s1. The second kappa shape index (κ2) is 26.5. The second-order valence-corrected chi connectivity index (χ2v) is 17.7. The number of methoxy groups -OCH3 is 2. The second-order valence-electron chi connectivity index (χ2n) is 17.7. The number of carbonyl (C=O) groups is 2. The summed E-state index contributed by atoms with van der Waals surface area (Å²) in [6.45, 7) is 9.24. The number of nitrogens with one attached hydrogen (secondary N) is 1. The number of rotatable bonds is 29. The van der Waals surface area contributed by atoms with Gasteiger partial charge in [0.2, 0.25) is 11.7 Å². The lowest BCUT2D eigenvalue weighted by atomic mass is 9.55. The maximum absolute atomic E-state index is 14.7. The van der Waals surface area contributed by atoms with Gasteiger partial charge in [-0.3, -0.25) is 10.1 Å². The average Bonchev–Trinajstić information content (AvgIpc) is 3.31. The number of benzene rings is 2. The van der Waals surface area contributed by atoms with Crippen molar-refractivity contribution in [3.63, 3.8) is 0 Å². The van der Waals surface area contributed by atoms with Gasteiger partial charge in [-0.15, -0.1) is 6.58 Å². The van der Waals surface area contributed by atoms with Crippen molar-refractivity contribution in [1.82, 2.24) is 4.90 Å². The molecule has 0 unspecified atom stereocenters. The molecule has 0 saturated heterocycles. The number of hydrogen-bond acceptors (Lipinski definition) is 11. The summed E-state index contributed by atoms with van der Waals surface area (Å²) >= 11 is 0. The lowest BCUT2D eigenvalue weighted by Crippen LogP contribution is -2.70. The van der Waals surface area contributed by atoms with E-state index in [1.165, 1.54) is 45.6 Å². The quantitative estimate of drug-likeness (QED) is 0.0408. The van der Waals surface area contributed by atoms with E-state index in [4.69, 9.17) is 33.7 Å². The van der Waals surface area contributed by atoms with Crippen molar-refractivity contribution in [3.05, 3.63) is 66.3 Å². The number of hydrogen-bond donors (Lipinski definition) is 3. The highest BCUT2D eigenvalue weighted by Gasteiger charge is 2.65. The number of unbranched alkanes of at least 4 members (excludes halogenated alkanes) is 10. The Hall–Kier alpha value is -4.59. The molecule has 1 aliphatic heterocycles. The Labute approximate surface area is 387 Å². The molecule has 2 aromatic carbocycles. The third kappa shape index (κ3) is 13.1. The first-order chi connectivity index (χ1) is 31.7. The van der Waals surface area contributed by atoms with E-state index in [9.17, 15) is 19.8 Å². The van der Waals surface area contributed by atoms with Crippen LogP contribution in [0.15, 0.2) is 65.9 Å². The molecule has 3 aliphatic rings. The zero-order valence-corrected chi connectivity index (χ0v) is 39.8. The summed E-state index contributed by atoms with van der Waals surface area (Å²) in [4.78, 5) is 35.8. The van der Waals surface area contributed by atoms with Crippen molar-refractivity contribution in [3.8, 4) is 23.0 Å². The predicted molar refractivity (Wildman–Crippen MR) is 255 cm³/mol. The van der Waals surface area contributed by atoms with Crippen molar-refractivity contribution in [2.75, 3.05) is 53.0 Å². The molecule has 13 nitrogen and oxygen atoms in total. The van der Waals surface area contributed by atoms with Crippen LogP contribution in [0, 0.1) is 17.8 Å². The van der Waals surface area contributed by atoms with Crippen LogP contribution in [0.25, 0.3) is 0 Å². The molecule has 360 valence electrons. The number of carbonyl (C=O) groups excluding carboxylic acids is 2. The van der Waals surface area contributed by atoms with Crippen molar-refractivity contribution >= 4 is 23.4 Å². The molecule has 1 saturated carbocycles. The van der Waals surface area contributed by atoms with E-state index in [2.05, 4.69) is 31.8 Å². The lowest BCUT2D eigenvalue weighted by molar-refractivity contribution is -0.257. The smallest absolute Gasteiger partial charge is 0.417 e. The number of aliphatic hydroxyl groups excluding tert-OH is 2. The topological polar surface area (TPSA) is 158 Å². The molecule has 3 N–H and O–H groups in total. The molecular weight excluding hydrogens is 827 g/mol. The number of fused-ring (bicyclic) bond motifs is 2. The maximum atomic E-state index is 14.7.